The second-order valence-corrected chi connectivity index (χ2v) is 4.10. The van der Waals surface area contributed by atoms with Gasteiger partial charge in [-0.1, -0.05) is 0 Å². The van der Waals surface area contributed by atoms with Crippen molar-refractivity contribution in [2.24, 2.45) is 0 Å². The molecule has 0 saturated heterocycles. The van der Waals surface area contributed by atoms with Gasteiger partial charge in [0, 0.05) is 6.07 Å². The smallest absolute Gasteiger partial charge is 0.346 e. The number of furan rings is 1. The van der Waals surface area contributed by atoms with Crippen LogP contribution in [-0.4, -0.2) is 11.1 Å². The van der Waals surface area contributed by atoms with Crippen molar-refractivity contribution in [3.63, 3.8) is 0 Å². The lowest BCUT2D eigenvalue weighted by atomic mass is 10.4. The Hall–Kier alpha value is -0.810. The molecule has 2 aromatic heterocycles. The molecule has 0 aromatic carbocycles. The fraction of sp³-hybridized carbons (Fsp3) is 0. The van der Waals surface area contributed by atoms with E-state index in [1.54, 1.807) is 6.26 Å². The molecule has 2 heterocycles. The van der Waals surface area contributed by atoms with Gasteiger partial charge < -0.3 is 9.52 Å². The first-order valence-electron chi connectivity index (χ1n) is 3.08. The third-order valence-corrected chi connectivity index (χ3v) is 3.40. The number of rotatable bonds is 1. The summed E-state index contributed by atoms with van der Waals surface area (Å²) < 4.78 is 6.72. The van der Waals surface area contributed by atoms with Gasteiger partial charge in [-0.3, -0.25) is 0 Å². The topological polar surface area (TPSA) is 50.4 Å². The Morgan fingerprint density at radius 2 is 2.42 bits per heavy atom. The molecule has 62 valence electrons. The molecule has 0 aliphatic heterocycles. The lowest BCUT2D eigenvalue weighted by molar-refractivity contribution is 0.0702. The molecule has 0 aliphatic rings. The third kappa shape index (κ3) is 1.05. The fourth-order valence-electron chi connectivity index (χ4n) is 0.902. The standard InChI is InChI=1S/C7H3BrO3S/c8-3-2-11-4-1-5(7(9)10)12-6(3)4/h1-2H,(H,9,10). The van der Waals surface area contributed by atoms with Crippen LogP contribution < -0.4 is 0 Å². The second-order valence-electron chi connectivity index (χ2n) is 2.19. The molecule has 0 fully saturated rings. The van der Waals surface area contributed by atoms with Crippen LogP contribution in [0.25, 0.3) is 10.3 Å². The Labute approximate surface area is 79.7 Å². The quantitative estimate of drug-likeness (QED) is 0.842. The summed E-state index contributed by atoms with van der Waals surface area (Å²) in [6.45, 7) is 0. The molecule has 0 spiro atoms. The number of carboxylic acid groups (broad SMARTS) is 1. The summed E-state index contributed by atoms with van der Waals surface area (Å²) in [6.07, 6.45) is 1.55. The van der Waals surface area contributed by atoms with Gasteiger partial charge in [-0.25, -0.2) is 4.79 Å². The molecule has 0 amide bonds. The molecule has 0 saturated carbocycles. The van der Waals surface area contributed by atoms with Gasteiger partial charge >= 0.3 is 5.97 Å². The number of halogens is 1. The minimum absolute atomic E-state index is 0.296. The van der Waals surface area contributed by atoms with Crippen LogP contribution >= 0.6 is 27.3 Å². The summed E-state index contributed by atoms with van der Waals surface area (Å²) >= 11 is 4.45. The zero-order valence-electron chi connectivity index (χ0n) is 5.70. The van der Waals surface area contributed by atoms with E-state index in [9.17, 15) is 4.79 Å². The predicted octanol–water partition coefficient (Wildman–Crippen LogP) is 2.96. The summed E-state index contributed by atoms with van der Waals surface area (Å²) in [7, 11) is 0. The Kier molecular flexibility index (Phi) is 1.69. The third-order valence-electron chi connectivity index (χ3n) is 1.42. The lowest BCUT2D eigenvalue weighted by Crippen LogP contribution is -1.89. The van der Waals surface area contributed by atoms with Crippen molar-refractivity contribution in [1.29, 1.82) is 0 Å². The van der Waals surface area contributed by atoms with E-state index in [0.29, 0.717) is 10.5 Å². The van der Waals surface area contributed by atoms with E-state index in [2.05, 4.69) is 15.9 Å². The minimum Gasteiger partial charge on any atom is -0.477 e. The Morgan fingerprint density at radius 3 is 3.00 bits per heavy atom. The van der Waals surface area contributed by atoms with Crippen LogP contribution in [0.4, 0.5) is 0 Å². The van der Waals surface area contributed by atoms with Gasteiger partial charge in [-0.05, 0) is 15.9 Å². The highest BCUT2D eigenvalue weighted by Gasteiger charge is 2.12. The largest absolute Gasteiger partial charge is 0.477 e. The van der Waals surface area contributed by atoms with Crippen LogP contribution in [0.15, 0.2) is 21.2 Å². The number of fused-ring (bicyclic) bond motifs is 1. The number of hydrogen-bond acceptors (Lipinski definition) is 3. The summed E-state index contributed by atoms with van der Waals surface area (Å²) in [5.74, 6) is -0.918. The van der Waals surface area contributed by atoms with E-state index in [0.717, 1.165) is 9.17 Å². The maximum Gasteiger partial charge on any atom is 0.346 e. The maximum atomic E-state index is 10.5. The first kappa shape index (κ1) is 7.82. The van der Waals surface area contributed by atoms with Crippen LogP contribution in [-0.2, 0) is 0 Å². The molecule has 0 bridgehead atoms. The number of hydrogen-bond donors (Lipinski definition) is 1. The van der Waals surface area contributed by atoms with Gasteiger partial charge in [-0.2, -0.15) is 0 Å². The van der Waals surface area contributed by atoms with E-state index in [1.165, 1.54) is 17.4 Å². The average molecular weight is 247 g/mol. The Balaban J connectivity index is 2.70. The van der Waals surface area contributed by atoms with Crippen molar-refractivity contribution in [2.45, 2.75) is 0 Å². The lowest BCUT2D eigenvalue weighted by Gasteiger charge is -1.81. The number of carbonyl (C=O) groups is 1. The van der Waals surface area contributed by atoms with Crippen LogP contribution in [0, 0.1) is 0 Å². The molecular weight excluding hydrogens is 244 g/mol. The van der Waals surface area contributed by atoms with Crippen molar-refractivity contribution >= 4 is 43.5 Å². The van der Waals surface area contributed by atoms with Crippen molar-refractivity contribution in [1.82, 2.24) is 0 Å². The van der Waals surface area contributed by atoms with Crippen molar-refractivity contribution in [3.8, 4) is 0 Å². The summed E-state index contributed by atoms with van der Waals surface area (Å²) in [6, 6.07) is 1.52. The number of thiophene rings is 1. The molecule has 0 unspecified atom stereocenters. The van der Waals surface area contributed by atoms with Gasteiger partial charge in [0.05, 0.1) is 9.17 Å². The molecular formula is C7H3BrO3S. The van der Waals surface area contributed by atoms with E-state index >= 15 is 0 Å². The van der Waals surface area contributed by atoms with Crippen molar-refractivity contribution in [3.05, 3.63) is 21.7 Å². The molecule has 0 radical (unpaired) electrons. The van der Waals surface area contributed by atoms with E-state index in [1.807, 2.05) is 0 Å². The highest BCUT2D eigenvalue weighted by atomic mass is 79.9. The molecule has 0 atom stereocenters. The zero-order valence-corrected chi connectivity index (χ0v) is 8.11. The van der Waals surface area contributed by atoms with Crippen LogP contribution in [0.1, 0.15) is 9.67 Å². The minimum atomic E-state index is -0.918. The molecule has 2 rings (SSSR count). The number of carboxylic acids is 1. The summed E-state index contributed by atoms with van der Waals surface area (Å²) in [5.41, 5.74) is 0.615. The maximum absolute atomic E-state index is 10.5. The highest BCUT2D eigenvalue weighted by molar-refractivity contribution is 9.10. The Morgan fingerprint density at radius 1 is 1.67 bits per heavy atom. The van der Waals surface area contributed by atoms with Crippen molar-refractivity contribution < 1.29 is 14.3 Å². The number of aromatic carboxylic acids is 1. The molecule has 1 N–H and O–H groups in total. The zero-order chi connectivity index (χ0) is 8.72. The van der Waals surface area contributed by atoms with Crippen LogP contribution in [0.5, 0.6) is 0 Å². The molecule has 5 heteroatoms. The van der Waals surface area contributed by atoms with Crippen molar-refractivity contribution in [2.75, 3.05) is 0 Å². The van der Waals surface area contributed by atoms with Gasteiger partial charge in [0.1, 0.15) is 16.7 Å². The molecule has 3 nitrogen and oxygen atoms in total. The fourth-order valence-corrected chi connectivity index (χ4v) is 2.26. The summed E-state index contributed by atoms with van der Waals surface area (Å²) in [4.78, 5) is 10.8. The first-order valence-corrected chi connectivity index (χ1v) is 4.69. The van der Waals surface area contributed by atoms with Gasteiger partial charge in [0.2, 0.25) is 0 Å². The average Bonchev–Trinajstić information content (AvgIpc) is 2.53. The van der Waals surface area contributed by atoms with Crippen LogP contribution in [0.3, 0.4) is 0 Å². The normalized spacial score (nSPS) is 10.8. The Bertz CT molecular complexity index is 442. The van der Waals surface area contributed by atoms with Gasteiger partial charge in [0.25, 0.3) is 0 Å². The molecule has 12 heavy (non-hydrogen) atoms. The van der Waals surface area contributed by atoms with E-state index in [4.69, 9.17) is 9.52 Å². The van der Waals surface area contributed by atoms with E-state index in [-0.39, 0.29) is 0 Å². The van der Waals surface area contributed by atoms with Crippen LogP contribution in [0.2, 0.25) is 0 Å². The highest BCUT2D eigenvalue weighted by Crippen LogP contribution is 2.33. The van der Waals surface area contributed by atoms with Gasteiger partial charge in [-0.15, -0.1) is 11.3 Å². The summed E-state index contributed by atoms with van der Waals surface area (Å²) in [5, 5.41) is 8.65. The predicted molar refractivity (Wildman–Crippen MR) is 48.8 cm³/mol. The molecule has 0 aliphatic carbocycles. The first-order chi connectivity index (χ1) is 5.68. The van der Waals surface area contributed by atoms with Gasteiger partial charge in [0.15, 0.2) is 0 Å². The molecule has 2 aromatic rings. The SMILES string of the molecule is O=C(O)c1cc2occ(Br)c2s1. The second kappa shape index (κ2) is 2.60. The van der Waals surface area contributed by atoms with E-state index < -0.39 is 5.97 Å². The monoisotopic (exact) mass is 246 g/mol.